The van der Waals surface area contributed by atoms with Gasteiger partial charge in [-0.3, -0.25) is 9.59 Å². The number of carbonyl (C=O) groups is 1. The lowest BCUT2D eigenvalue weighted by Gasteiger charge is -2.08. The van der Waals surface area contributed by atoms with Gasteiger partial charge in [-0.25, -0.2) is 0 Å². The van der Waals surface area contributed by atoms with Gasteiger partial charge in [-0.2, -0.15) is 0 Å². The van der Waals surface area contributed by atoms with Crippen LogP contribution in [-0.2, 0) is 11.2 Å². The number of fused-ring (bicyclic) bond motifs is 1. The molecule has 6 nitrogen and oxygen atoms in total. The topological polar surface area (TPSA) is 86.0 Å². The molecule has 3 aromatic rings. The maximum Gasteiger partial charge on any atom is 0.303 e. The second-order valence-corrected chi connectivity index (χ2v) is 6.43. The minimum absolute atomic E-state index is 0.0444. The van der Waals surface area contributed by atoms with Gasteiger partial charge in [0.05, 0.1) is 12.0 Å². The number of ether oxygens (including phenoxy) is 2. The number of rotatable bonds is 9. The summed E-state index contributed by atoms with van der Waals surface area (Å²) in [5, 5.41) is 9.02. The first-order valence-electron chi connectivity index (χ1n) is 9.24. The summed E-state index contributed by atoms with van der Waals surface area (Å²) in [7, 11) is 0. The molecule has 28 heavy (non-hydrogen) atoms. The Hall–Kier alpha value is -3.28. The van der Waals surface area contributed by atoms with E-state index in [1.165, 1.54) is 11.8 Å². The average molecular weight is 382 g/mol. The Balaban J connectivity index is 1.73. The van der Waals surface area contributed by atoms with Crippen LogP contribution in [0.4, 0.5) is 0 Å². The lowest BCUT2D eigenvalue weighted by molar-refractivity contribution is -0.137. The van der Waals surface area contributed by atoms with Crippen molar-refractivity contribution in [2.45, 2.75) is 32.6 Å². The molecule has 1 aromatic heterocycles. The van der Waals surface area contributed by atoms with E-state index < -0.39 is 5.97 Å². The number of hydrogen-bond donors (Lipinski definition) is 1. The first kappa shape index (κ1) is 19.5. The van der Waals surface area contributed by atoms with Gasteiger partial charge >= 0.3 is 5.97 Å². The summed E-state index contributed by atoms with van der Waals surface area (Å²) in [6.07, 6.45) is 3.81. The molecule has 0 fully saturated rings. The van der Waals surface area contributed by atoms with E-state index in [0.717, 1.165) is 12.8 Å². The molecule has 0 aliphatic carbocycles. The molecule has 0 bridgehead atoms. The van der Waals surface area contributed by atoms with Crippen LogP contribution in [0.5, 0.6) is 17.2 Å². The van der Waals surface area contributed by atoms with Gasteiger partial charge in [0.25, 0.3) is 0 Å². The van der Waals surface area contributed by atoms with Crippen molar-refractivity contribution in [3.63, 3.8) is 0 Å². The van der Waals surface area contributed by atoms with E-state index in [2.05, 4.69) is 6.92 Å². The Morgan fingerprint density at radius 1 is 1.11 bits per heavy atom. The molecule has 1 N–H and O–H groups in total. The van der Waals surface area contributed by atoms with Crippen molar-refractivity contribution in [3.8, 4) is 17.2 Å². The third-order valence-corrected chi connectivity index (χ3v) is 4.21. The van der Waals surface area contributed by atoms with Gasteiger partial charge in [0.2, 0.25) is 11.2 Å². The van der Waals surface area contributed by atoms with Crippen LogP contribution in [0.1, 0.15) is 31.7 Å². The van der Waals surface area contributed by atoms with Crippen LogP contribution in [0.3, 0.4) is 0 Å². The first-order chi connectivity index (χ1) is 13.6. The zero-order valence-electron chi connectivity index (χ0n) is 15.6. The maximum absolute atomic E-state index is 12.7. The normalized spacial score (nSPS) is 10.8. The Labute approximate surface area is 162 Å². The Morgan fingerprint density at radius 2 is 1.86 bits per heavy atom. The van der Waals surface area contributed by atoms with Gasteiger partial charge in [-0.15, -0.1) is 0 Å². The average Bonchev–Trinajstić information content (AvgIpc) is 2.69. The number of benzene rings is 2. The van der Waals surface area contributed by atoms with Crippen molar-refractivity contribution >= 4 is 16.9 Å². The highest BCUT2D eigenvalue weighted by molar-refractivity contribution is 5.79. The third kappa shape index (κ3) is 4.91. The zero-order valence-corrected chi connectivity index (χ0v) is 15.6. The van der Waals surface area contributed by atoms with E-state index in [-0.39, 0.29) is 24.2 Å². The Bertz CT molecular complexity index is 1000. The molecular formula is C22H22O6. The van der Waals surface area contributed by atoms with Crippen molar-refractivity contribution < 1.29 is 23.8 Å². The van der Waals surface area contributed by atoms with Crippen LogP contribution in [-0.4, -0.2) is 17.7 Å². The predicted octanol–water partition coefficient (Wildman–Crippen LogP) is 4.78. The van der Waals surface area contributed by atoms with Crippen LogP contribution in [0.25, 0.3) is 11.0 Å². The van der Waals surface area contributed by atoms with E-state index in [1.807, 2.05) is 24.3 Å². The minimum atomic E-state index is -0.861. The molecule has 0 saturated heterocycles. The fourth-order valence-corrected chi connectivity index (χ4v) is 2.80. The predicted molar refractivity (Wildman–Crippen MR) is 105 cm³/mol. The molecule has 0 spiro atoms. The van der Waals surface area contributed by atoms with Gasteiger partial charge in [0.1, 0.15) is 23.3 Å². The number of aliphatic carboxylic acids is 1. The molecule has 3 rings (SSSR count). The summed E-state index contributed by atoms with van der Waals surface area (Å²) in [5.41, 5.74) is 1.33. The lowest BCUT2D eigenvalue weighted by Crippen LogP contribution is -2.05. The summed E-state index contributed by atoms with van der Waals surface area (Å²) < 4.78 is 16.7. The Kier molecular flexibility index (Phi) is 6.32. The second-order valence-electron chi connectivity index (χ2n) is 6.43. The van der Waals surface area contributed by atoms with Gasteiger partial charge in [-0.05, 0) is 42.7 Å². The van der Waals surface area contributed by atoms with Crippen molar-refractivity contribution in [3.05, 3.63) is 64.5 Å². The van der Waals surface area contributed by atoms with Crippen LogP contribution in [0.15, 0.2) is 57.9 Å². The van der Waals surface area contributed by atoms with Gasteiger partial charge in [0, 0.05) is 12.5 Å². The molecule has 0 amide bonds. The maximum atomic E-state index is 12.7. The van der Waals surface area contributed by atoms with E-state index in [1.54, 1.807) is 18.2 Å². The van der Waals surface area contributed by atoms with Crippen molar-refractivity contribution in [2.75, 3.05) is 6.61 Å². The molecule has 0 unspecified atom stereocenters. The van der Waals surface area contributed by atoms with Gasteiger partial charge in [0.15, 0.2) is 0 Å². The van der Waals surface area contributed by atoms with Gasteiger partial charge < -0.3 is 19.0 Å². The molecule has 1 heterocycles. The van der Waals surface area contributed by atoms with Crippen molar-refractivity contribution in [2.24, 2.45) is 0 Å². The monoisotopic (exact) mass is 382 g/mol. The smallest absolute Gasteiger partial charge is 0.303 e. The fourth-order valence-electron chi connectivity index (χ4n) is 2.80. The molecule has 0 radical (unpaired) electrons. The molecule has 146 valence electrons. The highest BCUT2D eigenvalue weighted by Gasteiger charge is 2.10. The Morgan fingerprint density at radius 3 is 2.57 bits per heavy atom. The molecule has 0 aliphatic rings. The quantitative estimate of drug-likeness (QED) is 0.536. The lowest BCUT2D eigenvalue weighted by atomic mass is 10.1. The highest BCUT2D eigenvalue weighted by Crippen LogP contribution is 2.24. The first-order valence-corrected chi connectivity index (χ1v) is 9.24. The minimum Gasteiger partial charge on any atom is -0.493 e. The molecule has 2 aromatic carbocycles. The van der Waals surface area contributed by atoms with Crippen LogP contribution in [0, 0.1) is 0 Å². The number of carboxylic acids is 1. The summed E-state index contributed by atoms with van der Waals surface area (Å²) in [5.74, 6) is 0.345. The fraction of sp³-hybridized carbons (Fsp3) is 0.273. The van der Waals surface area contributed by atoms with Crippen molar-refractivity contribution in [1.82, 2.24) is 0 Å². The van der Waals surface area contributed by atoms with Crippen LogP contribution in [0.2, 0.25) is 0 Å². The molecular weight excluding hydrogens is 360 g/mol. The number of hydrogen-bond acceptors (Lipinski definition) is 5. The molecule has 6 heteroatoms. The largest absolute Gasteiger partial charge is 0.493 e. The number of carboxylic acid groups (broad SMARTS) is 1. The molecule has 0 atom stereocenters. The van der Waals surface area contributed by atoms with E-state index in [4.69, 9.17) is 19.0 Å². The summed E-state index contributed by atoms with van der Waals surface area (Å²) in [4.78, 5) is 23.2. The summed E-state index contributed by atoms with van der Waals surface area (Å²) in [6.45, 7) is 2.40. The standard InChI is InChI=1S/C22H22O6/c1-2-4-15-6-8-16(9-7-15)28-20-14-27-19-13-17(10-11-18(19)22(20)25)26-12-3-5-21(23)24/h6-11,13-14H,2-5,12H2,1H3,(H,23,24). The third-order valence-electron chi connectivity index (χ3n) is 4.21. The van der Waals surface area contributed by atoms with E-state index >= 15 is 0 Å². The highest BCUT2D eigenvalue weighted by atomic mass is 16.5. The van der Waals surface area contributed by atoms with Crippen LogP contribution >= 0.6 is 0 Å². The zero-order chi connectivity index (χ0) is 19.9. The second kappa shape index (κ2) is 9.08. The van der Waals surface area contributed by atoms with Crippen LogP contribution < -0.4 is 14.9 Å². The molecule has 0 aliphatic heterocycles. The van der Waals surface area contributed by atoms with E-state index in [9.17, 15) is 9.59 Å². The SMILES string of the molecule is CCCc1ccc(Oc2coc3cc(OCCCC(=O)O)ccc3c2=O)cc1. The summed E-state index contributed by atoms with van der Waals surface area (Å²) >= 11 is 0. The van der Waals surface area contributed by atoms with Crippen molar-refractivity contribution in [1.29, 1.82) is 0 Å². The van der Waals surface area contributed by atoms with E-state index in [0.29, 0.717) is 28.9 Å². The van der Waals surface area contributed by atoms with Gasteiger partial charge in [-0.1, -0.05) is 25.5 Å². The number of aryl methyl sites for hydroxylation is 1. The molecule has 0 saturated carbocycles. The summed E-state index contributed by atoms with van der Waals surface area (Å²) in [6, 6.07) is 12.5.